The summed E-state index contributed by atoms with van der Waals surface area (Å²) in [5, 5.41) is 4.62. The molecular formula is C19H18ClN3O3S. The quantitative estimate of drug-likeness (QED) is 0.659. The maximum atomic E-state index is 12.8. The minimum Gasteiger partial charge on any atom is -0.334 e. The fourth-order valence-corrected chi connectivity index (χ4v) is 4.80. The Morgan fingerprint density at radius 1 is 1.00 bits per heavy atom. The molecule has 8 heteroatoms. The average molecular weight is 404 g/mol. The molecule has 1 saturated heterocycles. The molecule has 27 heavy (non-hydrogen) atoms. The first-order valence-electron chi connectivity index (χ1n) is 8.69. The largest absolute Gasteiger partial charge is 0.334 e. The van der Waals surface area contributed by atoms with E-state index in [1.807, 2.05) is 30.3 Å². The fraction of sp³-hybridized carbons (Fsp3) is 0.263. The van der Waals surface area contributed by atoms with E-state index in [4.69, 9.17) is 16.1 Å². The number of nitrogens with zero attached hydrogens (tertiary/aromatic N) is 3. The van der Waals surface area contributed by atoms with E-state index in [9.17, 15) is 8.42 Å². The van der Waals surface area contributed by atoms with Crippen molar-refractivity contribution in [1.29, 1.82) is 0 Å². The summed E-state index contributed by atoms with van der Waals surface area (Å²) in [6.07, 6.45) is 1.31. The zero-order valence-electron chi connectivity index (χ0n) is 14.5. The summed E-state index contributed by atoms with van der Waals surface area (Å²) in [5.74, 6) is 1.21. The molecule has 0 atom stereocenters. The van der Waals surface area contributed by atoms with Crippen molar-refractivity contribution in [2.45, 2.75) is 23.7 Å². The molecule has 1 aliphatic rings. The van der Waals surface area contributed by atoms with E-state index in [0.717, 1.165) is 5.56 Å². The molecule has 140 valence electrons. The van der Waals surface area contributed by atoms with Crippen LogP contribution >= 0.6 is 11.6 Å². The Labute approximate surface area is 162 Å². The summed E-state index contributed by atoms with van der Waals surface area (Å²) >= 11 is 5.85. The normalized spacial score (nSPS) is 16.5. The molecule has 3 aromatic rings. The molecular weight excluding hydrogens is 386 g/mol. The van der Waals surface area contributed by atoms with Gasteiger partial charge in [-0.2, -0.15) is 9.29 Å². The van der Waals surface area contributed by atoms with Gasteiger partial charge in [0, 0.05) is 29.6 Å². The highest BCUT2D eigenvalue weighted by Gasteiger charge is 2.31. The Kier molecular flexibility index (Phi) is 4.99. The average Bonchev–Trinajstić information content (AvgIpc) is 3.19. The second kappa shape index (κ2) is 7.42. The molecule has 0 spiro atoms. The molecule has 1 fully saturated rings. The highest BCUT2D eigenvalue weighted by atomic mass is 35.5. The zero-order valence-corrected chi connectivity index (χ0v) is 16.0. The van der Waals surface area contributed by atoms with Crippen molar-refractivity contribution >= 4 is 21.6 Å². The van der Waals surface area contributed by atoms with Crippen LogP contribution in [0.5, 0.6) is 0 Å². The molecule has 0 aliphatic carbocycles. The third-order valence-electron chi connectivity index (χ3n) is 4.73. The van der Waals surface area contributed by atoms with Gasteiger partial charge in [0.1, 0.15) is 0 Å². The topological polar surface area (TPSA) is 76.3 Å². The number of benzene rings is 2. The maximum Gasteiger partial charge on any atom is 0.257 e. The van der Waals surface area contributed by atoms with E-state index >= 15 is 0 Å². The third kappa shape index (κ3) is 3.76. The summed E-state index contributed by atoms with van der Waals surface area (Å²) in [4.78, 5) is 4.76. The van der Waals surface area contributed by atoms with Crippen LogP contribution in [0.2, 0.25) is 5.02 Å². The first-order chi connectivity index (χ1) is 13.0. The van der Waals surface area contributed by atoms with Crippen LogP contribution in [0.4, 0.5) is 0 Å². The van der Waals surface area contributed by atoms with Crippen LogP contribution in [0, 0.1) is 0 Å². The molecule has 0 saturated carbocycles. The highest BCUT2D eigenvalue weighted by molar-refractivity contribution is 7.89. The number of sulfonamides is 1. The lowest BCUT2D eigenvalue weighted by molar-refractivity contribution is 0.307. The first-order valence-corrected chi connectivity index (χ1v) is 10.5. The molecule has 1 aliphatic heterocycles. The second-order valence-corrected chi connectivity index (χ2v) is 8.83. The van der Waals surface area contributed by atoms with Crippen molar-refractivity contribution in [3.8, 4) is 11.5 Å². The molecule has 0 unspecified atom stereocenters. The minimum absolute atomic E-state index is 0.0860. The van der Waals surface area contributed by atoms with E-state index < -0.39 is 10.0 Å². The Morgan fingerprint density at radius 2 is 1.67 bits per heavy atom. The number of piperidine rings is 1. The summed E-state index contributed by atoms with van der Waals surface area (Å²) in [5.41, 5.74) is 0.874. The highest BCUT2D eigenvalue weighted by Crippen LogP contribution is 2.30. The lowest BCUT2D eigenvalue weighted by atomic mass is 9.97. The van der Waals surface area contributed by atoms with Crippen molar-refractivity contribution in [1.82, 2.24) is 14.4 Å². The van der Waals surface area contributed by atoms with Gasteiger partial charge in [0.05, 0.1) is 4.90 Å². The van der Waals surface area contributed by atoms with Crippen LogP contribution in [-0.4, -0.2) is 36.0 Å². The minimum atomic E-state index is -3.51. The van der Waals surface area contributed by atoms with E-state index in [-0.39, 0.29) is 10.8 Å². The van der Waals surface area contributed by atoms with Gasteiger partial charge in [-0.15, -0.1) is 0 Å². The van der Waals surface area contributed by atoms with Crippen molar-refractivity contribution in [2.75, 3.05) is 13.1 Å². The summed E-state index contributed by atoms with van der Waals surface area (Å²) < 4.78 is 32.4. The predicted octanol–water partition coefficient (Wildman–Crippen LogP) is 3.96. The Bertz CT molecular complexity index is 1010. The van der Waals surface area contributed by atoms with Gasteiger partial charge >= 0.3 is 0 Å². The molecule has 4 rings (SSSR count). The molecule has 0 amide bonds. The summed E-state index contributed by atoms with van der Waals surface area (Å²) in [6, 6.07) is 15.8. The van der Waals surface area contributed by atoms with Crippen molar-refractivity contribution in [3.05, 3.63) is 65.4 Å². The molecule has 0 radical (unpaired) electrons. The lowest BCUT2D eigenvalue weighted by Crippen LogP contribution is -2.38. The Morgan fingerprint density at radius 3 is 2.33 bits per heavy atom. The van der Waals surface area contributed by atoms with E-state index in [0.29, 0.717) is 42.7 Å². The predicted molar refractivity (Wildman–Crippen MR) is 102 cm³/mol. The molecule has 2 heterocycles. The van der Waals surface area contributed by atoms with Gasteiger partial charge in [0.2, 0.25) is 10.0 Å². The number of rotatable bonds is 4. The van der Waals surface area contributed by atoms with Crippen molar-refractivity contribution < 1.29 is 12.9 Å². The van der Waals surface area contributed by atoms with Crippen LogP contribution in [0.3, 0.4) is 0 Å². The van der Waals surface area contributed by atoms with Gasteiger partial charge in [-0.05, 0) is 49.2 Å². The number of aromatic nitrogens is 2. The van der Waals surface area contributed by atoms with Crippen LogP contribution in [-0.2, 0) is 10.0 Å². The van der Waals surface area contributed by atoms with Gasteiger partial charge in [-0.25, -0.2) is 8.42 Å². The van der Waals surface area contributed by atoms with Crippen LogP contribution in [0.25, 0.3) is 11.5 Å². The number of halogens is 1. The van der Waals surface area contributed by atoms with Crippen molar-refractivity contribution in [2.24, 2.45) is 0 Å². The monoisotopic (exact) mass is 403 g/mol. The number of hydrogen-bond acceptors (Lipinski definition) is 5. The van der Waals surface area contributed by atoms with Gasteiger partial charge < -0.3 is 4.52 Å². The summed E-state index contributed by atoms with van der Waals surface area (Å²) in [6.45, 7) is 0.843. The second-order valence-electron chi connectivity index (χ2n) is 6.46. The maximum absolute atomic E-state index is 12.8. The van der Waals surface area contributed by atoms with Crippen LogP contribution in [0.15, 0.2) is 64.0 Å². The Balaban J connectivity index is 1.45. The van der Waals surface area contributed by atoms with Gasteiger partial charge in [-0.1, -0.05) is 35.0 Å². The van der Waals surface area contributed by atoms with E-state index in [1.165, 1.54) is 16.4 Å². The van der Waals surface area contributed by atoms with Crippen molar-refractivity contribution in [3.63, 3.8) is 0 Å². The van der Waals surface area contributed by atoms with Crippen LogP contribution in [0.1, 0.15) is 24.6 Å². The molecule has 0 bridgehead atoms. The SMILES string of the molecule is O=S(=O)(c1ccc(Cl)cc1)N1CCC(c2noc(-c3ccccc3)n2)CC1. The van der Waals surface area contributed by atoms with Gasteiger partial charge in [0.15, 0.2) is 5.82 Å². The number of hydrogen-bond donors (Lipinski definition) is 0. The van der Waals surface area contributed by atoms with E-state index in [2.05, 4.69) is 10.1 Å². The van der Waals surface area contributed by atoms with E-state index in [1.54, 1.807) is 12.1 Å². The fourth-order valence-electron chi connectivity index (χ4n) is 3.21. The molecule has 2 aromatic carbocycles. The van der Waals surface area contributed by atoms with Crippen LogP contribution < -0.4 is 0 Å². The lowest BCUT2D eigenvalue weighted by Gasteiger charge is -2.29. The zero-order chi connectivity index (χ0) is 18.9. The standard InChI is InChI=1S/C19H18ClN3O3S/c20-16-6-8-17(9-7-16)27(24,25)23-12-10-14(11-13-23)18-21-19(26-22-18)15-4-2-1-3-5-15/h1-9,14H,10-13H2. The van der Waals surface area contributed by atoms with Gasteiger partial charge in [0.25, 0.3) is 5.89 Å². The molecule has 6 nitrogen and oxygen atoms in total. The summed E-state index contributed by atoms with van der Waals surface area (Å²) in [7, 11) is -3.51. The third-order valence-corrected chi connectivity index (χ3v) is 6.90. The molecule has 1 aromatic heterocycles. The first kappa shape index (κ1) is 18.2. The molecule has 0 N–H and O–H groups in total. The Hall–Kier alpha value is -2.22. The van der Waals surface area contributed by atoms with Gasteiger partial charge in [-0.3, -0.25) is 0 Å². The smallest absolute Gasteiger partial charge is 0.257 e.